The molecule has 1 aromatic rings. The molecule has 1 unspecified atom stereocenters. The summed E-state index contributed by atoms with van der Waals surface area (Å²) in [6.45, 7) is 6.29. The molecule has 1 fully saturated rings. The molecule has 0 spiro atoms. The van der Waals surface area contributed by atoms with E-state index in [0.29, 0.717) is 18.3 Å². The van der Waals surface area contributed by atoms with E-state index >= 15 is 0 Å². The van der Waals surface area contributed by atoms with Crippen molar-refractivity contribution < 1.29 is 9.53 Å². The zero-order valence-corrected chi connectivity index (χ0v) is 14.3. The molecule has 1 atom stereocenters. The summed E-state index contributed by atoms with van der Waals surface area (Å²) >= 11 is 1.47. The molecular formula is C15H26N4O2S. The van der Waals surface area contributed by atoms with Crippen molar-refractivity contribution in [3.8, 4) is 0 Å². The molecule has 1 aromatic heterocycles. The van der Waals surface area contributed by atoms with Gasteiger partial charge in [-0.25, -0.2) is 4.79 Å². The predicted octanol–water partition coefficient (Wildman–Crippen LogP) is 3.30. The number of likely N-dealkylation sites (tertiary alicyclic amines) is 1. The van der Waals surface area contributed by atoms with E-state index in [1.54, 1.807) is 0 Å². The van der Waals surface area contributed by atoms with Crippen LogP contribution in [0.2, 0.25) is 0 Å². The number of anilines is 1. The van der Waals surface area contributed by atoms with Gasteiger partial charge in [0.25, 0.3) is 0 Å². The first-order valence-corrected chi connectivity index (χ1v) is 9.04. The number of rotatable bonds is 7. The number of amides is 2. The van der Waals surface area contributed by atoms with E-state index in [1.807, 2.05) is 11.8 Å². The van der Waals surface area contributed by atoms with Gasteiger partial charge in [-0.15, -0.1) is 10.2 Å². The minimum absolute atomic E-state index is 0.0966. The summed E-state index contributed by atoms with van der Waals surface area (Å²) < 4.78 is 5.63. The number of unbranched alkanes of at least 4 members (excludes halogenated alkanes) is 2. The summed E-state index contributed by atoms with van der Waals surface area (Å²) in [7, 11) is 0. The molecule has 0 radical (unpaired) electrons. The standard InChI is InChI=1S/C15H26N4O2S/c1-3-5-6-9-13-17-18-14(22-13)16-15(20)19-10-7-8-12(11-19)21-4-2/h12H,3-11H2,1-2H3,(H,16,18,20). The zero-order chi connectivity index (χ0) is 15.8. The van der Waals surface area contributed by atoms with Crippen molar-refractivity contribution in [1.29, 1.82) is 0 Å². The van der Waals surface area contributed by atoms with Gasteiger partial charge in [0.05, 0.1) is 6.10 Å². The van der Waals surface area contributed by atoms with E-state index in [-0.39, 0.29) is 12.1 Å². The second kappa shape index (κ2) is 9.05. The van der Waals surface area contributed by atoms with Crippen LogP contribution < -0.4 is 5.32 Å². The quantitative estimate of drug-likeness (QED) is 0.781. The molecule has 2 amide bonds. The predicted molar refractivity (Wildman–Crippen MR) is 88.4 cm³/mol. The Morgan fingerprint density at radius 2 is 2.27 bits per heavy atom. The van der Waals surface area contributed by atoms with Crippen LogP contribution in [0.15, 0.2) is 0 Å². The third-order valence-corrected chi connectivity index (χ3v) is 4.64. The third-order valence-electron chi connectivity index (χ3n) is 3.74. The van der Waals surface area contributed by atoms with Gasteiger partial charge in [0, 0.05) is 26.1 Å². The molecule has 0 bridgehead atoms. The van der Waals surface area contributed by atoms with Crippen LogP contribution in [0.5, 0.6) is 0 Å². The van der Waals surface area contributed by atoms with Crippen molar-refractivity contribution in [2.24, 2.45) is 0 Å². The Morgan fingerprint density at radius 3 is 3.05 bits per heavy atom. The highest BCUT2D eigenvalue weighted by Gasteiger charge is 2.24. The number of piperidine rings is 1. The van der Waals surface area contributed by atoms with Crippen LogP contribution >= 0.6 is 11.3 Å². The van der Waals surface area contributed by atoms with Gasteiger partial charge in [0.1, 0.15) is 5.01 Å². The fourth-order valence-corrected chi connectivity index (χ4v) is 3.37. The van der Waals surface area contributed by atoms with Crippen LogP contribution in [0.1, 0.15) is 51.0 Å². The lowest BCUT2D eigenvalue weighted by molar-refractivity contribution is 0.0181. The smallest absolute Gasteiger partial charge is 0.323 e. The van der Waals surface area contributed by atoms with Gasteiger partial charge in [0.15, 0.2) is 0 Å². The highest BCUT2D eigenvalue weighted by Crippen LogP contribution is 2.19. The Balaban J connectivity index is 1.81. The summed E-state index contributed by atoms with van der Waals surface area (Å²) in [5.74, 6) is 0. The van der Waals surface area contributed by atoms with E-state index < -0.39 is 0 Å². The number of nitrogens with zero attached hydrogens (tertiary/aromatic N) is 3. The van der Waals surface area contributed by atoms with Crippen LogP contribution in [-0.4, -0.2) is 46.9 Å². The van der Waals surface area contributed by atoms with Crippen molar-refractivity contribution in [3.63, 3.8) is 0 Å². The maximum atomic E-state index is 12.3. The Kier molecular flexibility index (Phi) is 7.05. The van der Waals surface area contributed by atoms with Gasteiger partial charge < -0.3 is 9.64 Å². The Bertz CT molecular complexity index is 464. The lowest BCUT2D eigenvalue weighted by atomic mass is 10.1. The van der Waals surface area contributed by atoms with E-state index in [1.165, 1.54) is 24.2 Å². The van der Waals surface area contributed by atoms with Gasteiger partial charge in [-0.3, -0.25) is 5.32 Å². The molecule has 1 aliphatic heterocycles. The first-order chi connectivity index (χ1) is 10.7. The fourth-order valence-electron chi connectivity index (χ4n) is 2.60. The number of carbonyl (C=O) groups is 1. The molecule has 6 nitrogen and oxygen atoms in total. The van der Waals surface area contributed by atoms with E-state index in [2.05, 4.69) is 22.4 Å². The maximum absolute atomic E-state index is 12.3. The average Bonchev–Trinajstić information content (AvgIpc) is 2.95. The molecule has 0 aromatic carbocycles. The first kappa shape index (κ1) is 17.1. The molecule has 2 heterocycles. The monoisotopic (exact) mass is 326 g/mol. The van der Waals surface area contributed by atoms with Crippen molar-refractivity contribution in [2.45, 2.75) is 58.5 Å². The first-order valence-electron chi connectivity index (χ1n) is 8.22. The second-order valence-electron chi connectivity index (χ2n) is 5.55. The van der Waals surface area contributed by atoms with Gasteiger partial charge in [0.2, 0.25) is 5.13 Å². The number of hydrogen-bond acceptors (Lipinski definition) is 5. The molecule has 22 heavy (non-hydrogen) atoms. The molecule has 2 rings (SSSR count). The Hall–Kier alpha value is -1.21. The highest BCUT2D eigenvalue weighted by atomic mass is 32.1. The Morgan fingerprint density at radius 1 is 1.41 bits per heavy atom. The number of carbonyl (C=O) groups excluding carboxylic acids is 1. The summed E-state index contributed by atoms with van der Waals surface area (Å²) in [4.78, 5) is 14.1. The van der Waals surface area contributed by atoms with E-state index in [0.717, 1.165) is 37.2 Å². The average molecular weight is 326 g/mol. The van der Waals surface area contributed by atoms with E-state index in [9.17, 15) is 4.79 Å². The summed E-state index contributed by atoms with van der Waals surface area (Å²) in [6, 6.07) is -0.0966. The van der Waals surface area contributed by atoms with Gasteiger partial charge in [-0.1, -0.05) is 31.1 Å². The highest BCUT2D eigenvalue weighted by molar-refractivity contribution is 7.15. The van der Waals surface area contributed by atoms with Crippen LogP contribution in [-0.2, 0) is 11.2 Å². The van der Waals surface area contributed by atoms with E-state index in [4.69, 9.17) is 4.74 Å². The van der Waals surface area contributed by atoms with Gasteiger partial charge >= 0.3 is 6.03 Å². The van der Waals surface area contributed by atoms with Crippen LogP contribution in [0.25, 0.3) is 0 Å². The number of aromatic nitrogens is 2. The molecular weight excluding hydrogens is 300 g/mol. The molecule has 1 N–H and O–H groups in total. The van der Waals surface area contributed by atoms with Crippen LogP contribution in [0.3, 0.4) is 0 Å². The summed E-state index contributed by atoms with van der Waals surface area (Å²) in [5.41, 5.74) is 0. The molecule has 7 heteroatoms. The summed E-state index contributed by atoms with van der Waals surface area (Å²) in [5, 5.41) is 12.7. The van der Waals surface area contributed by atoms with Crippen molar-refractivity contribution in [1.82, 2.24) is 15.1 Å². The second-order valence-corrected chi connectivity index (χ2v) is 6.62. The third kappa shape index (κ3) is 5.21. The molecule has 124 valence electrons. The molecule has 1 aliphatic rings. The maximum Gasteiger partial charge on any atom is 0.323 e. The summed E-state index contributed by atoms with van der Waals surface area (Å²) in [6.07, 6.45) is 6.63. The number of ether oxygens (including phenoxy) is 1. The minimum atomic E-state index is -0.0966. The number of aryl methyl sites for hydroxylation is 1. The lowest BCUT2D eigenvalue weighted by Crippen LogP contribution is -2.45. The molecule has 1 saturated heterocycles. The van der Waals surface area contributed by atoms with Gasteiger partial charge in [-0.2, -0.15) is 0 Å². The topological polar surface area (TPSA) is 67.4 Å². The number of hydrogen-bond donors (Lipinski definition) is 1. The van der Waals surface area contributed by atoms with Crippen LogP contribution in [0, 0.1) is 0 Å². The van der Waals surface area contributed by atoms with Crippen molar-refractivity contribution in [3.05, 3.63) is 5.01 Å². The minimum Gasteiger partial charge on any atom is -0.377 e. The van der Waals surface area contributed by atoms with Crippen molar-refractivity contribution in [2.75, 3.05) is 25.0 Å². The molecule has 0 aliphatic carbocycles. The largest absolute Gasteiger partial charge is 0.377 e. The lowest BCUT2D eigenvalue weighted by Gasteiger charge is -2.32. The van der Waals surface area contributed by atoms with Crippen molar-refractivity contribution >= 4 is 22.5 Å². The normalized spacial score (nSPS) is 18.5. The number of nitrogens with one attached hydrogen (secondary N) is 1. The SMILES string of the molecule is CCCCCc1nnc(NC(=O)N2CCCC(OCC)C2)s1. The fraction of sp³-hybridized carbons (Fsp3) is 0.800. The molecule has 0 saturated carbocycles. The zero-order valence-electron chi connectivity index (χ0n) is 13.5. The van der Waals surface area contributed by atoms with Crippen LogP contribution in [0.4, 0.5) is 9.93 Å². The Labute approximate surface area is 136 Å². The van der Waals surface area contributed by atoms with Gasteiger partial charge in [-0.05, 0) is 26.2 Å². The number of urea groups is 1.